The van der Waals surface area contributed by atoms with Gasteiger partial charge in [0.1, 0.15) is 5.82 Å². The molecule has 0 atom stereocenters. The number of hydrogen-bond acceptors (Lipinski definition) is 7. The Bertz CT molecular complexity index is 1010. The van der Waals surface area contributed by atoms with Gasteiger partial charge in [0.2, 0.25) is 11.7 Å². The van der Waals surface area contributed by atoms with E-state index in [1.807, 2.05) is 19.1 Å². The van der Waals surface area contributed by atoms with Crippen molar-refractivity contribution in [3.8, 4) is 11.6 Å². The van der Waals surface area contributed by atoms with Crippen LogP contribution in [0.15, 0.2) is 36.7 Å². The molecule has 10 heteroatoms. The minimum atomic E-state index is -0.183. The molecule has 1 aliphatic heterocycles. The first-order valence-corrected chi connectivity index (χ1v) is 9.53. The number of amides is 1. The molecule has 0 N–H and O–H groups in total. The van der Waals surface area contributed by atoms with Gasteiger partial charge in [-0.05, 0) is 31.2 Å². The Balaban J connectivity index is 1.44. The van der Waals surface area contributed by atoms with Crippen LogP contribution in [-0.4, -0.2) is 68.8 Å². The third-order valence-electron chi connectivity index (χ3n) is 4.73. The Hall–Kier alpha value is -3.20. The van der Waals surface area contributed by atoms with Crippen molar-refractivity contribution in [3.05, 3.63) is 53.3 Å². The Morgan fingerprint density at radius 2 is 1.79 bits per heavy atom. The summed E-state index contributed by atoms with van der Waals surface area (Å²) in [5.41, 5.74) is 0.805. The summed E-state index contributed by atoms with van der Waals surface area (Å²) in [6.07, 6.45) is 3.26. The highest BCUT2D eigenvalue weighted by Gasteiger charge is 2.26. The van der Waals surface area contributed by atoms with Crippen molar-refractivity contribution in [1.29, 1.82) is 0 Å². The third-order valence-corrected chi connectivity index (χ3v) is 4.98. The molecule has 29 heavy (non-hydrogen) atoms. The molecule has 0 bridgehead atoms. The molecule has 0 radical (unpaired) electrons. The van der Waals surface area contributed by atoms with Crippen LogP contribution in [0.2, 0.25) is 5.02 Å². The van der Waals surface area contributed by atoms with Gasteiger partial charge in [0, 0.05) is 31.2 Å². The van der Waals surface area contributed by atoms with E-state index < -0.39 is 0 Å². The van der Waals surface area contributed by atoms with Gasteiger partial charge in [-0.2, -0.15) is 4.98 Å². The average Bonchev–Trinajstić information content (AvgIpc) is 3.15. The number of anilines is 1. The number of aryl methyl sites for hydroxylation is 1. The zero-order chi connectivity index (χ0) is 20.4. The van der Waals surface area contributed by atoms with Gasteiger partial charge in [-0.3, -0.25) is 9.78 Å². The number of ether oxygens (including phenoxy) is 1. The summed E-state index contributed by atoms with van der Waals surface area (Å²) in [7, 11) is 1.56. The van der Waals surface area contributed by atoms with E-state index in [1.54, 1.807) is 41.2 Å². The van der Waals surface area contributed by atoms with E-state index in [4.69, 9.17) is 16.3 Å². The standard InChI is InChI=1S/C19H20ClN7O2/c1-13-22-18(24-27(13)15-5-3-14(20)4-6-15)19(28)26-9-7-25(8-10-26)16-11-21-12-17(23-16)29-2/h3-6,11-12H,7-10H2,1-2H3. The smallest absolute Gasteiger partial charge is 0.293 e. The number of aromatic nitrogens is 5. The Labute approximate surface area is 172 Å². The number of carbonyl (C=O) groups excluding carboxylic acids is 1. The van der Waals surface area contributed by atoms with E-state index in [9.17, 15) is 4.79 Å². The molecule has 3 aromatic rings. The zero-order valence-corrected chi connectivity index (χ0v) is 16.9. The van der Waals surface area contributed by atoms with Gasteiger partial charge in [0.05, 0.1) is 25.2 Å². The quantitative estimate of drug-likeness (QED) is 0.646. The van der Waals surface area contributed by atoms with Crippen molar-refractivity contribution in [2.24, 2.45) is 0 Å². The zero-order valence-electron chi connectivity index (χ0n) is 16.1. The molecule has 150 valence electrons. The van der Waals surface area contributed by atoms with Gasteiger partial charge in [-0.25, -0.2) is 9.67 Å². The van der Waals surface area contributed by atoms with Gasteiger partial charge >= 0.3 is 0 Å². The van der Waals surface area contributed by atoms with Crippen LogP contribution in [0.5, 0.6) is 5.88 Å². The number of carbonyl (C=O) groups is 1. The molecule has 1 saturated heterocycles. The lowest BCUT2D eigenvalue weighted by Crippen LogP contribution is -2.49. The third kappa shape index (κ3) is 4.00. The van der Waals surface area contributed by atoms with Crippen molar-refractivity contribution in [2.45, 2.75) is 6.92 Å². The van der Waals surface area contributed by atoms with E-state index in [2.05, 4.69) is 25.0 Å². The predicted octanol–water partition coefficient (Wildman–Crippen LogP) is 1.99. The Kier molecular flexibility index (Phi) is 5.30. The largest absolute Gasteiger partial charge is 0.480 e. The fourth-order valence-electron chi connectivity index (χ4n) is 3.18. The molecule has 0 spiro atoms. The predicted molar refractivity (Wildman–Crippen MR) is 108 cm³/mol. The average molecular weight is 414 g/mol. The maximum Gasteiger partial charge on any atom is 0.293 e. The minimum Gasteiger partial charge on any atom is -0.480 e. The summed E-state index contributed by atoms with van der Waals surface area (Å²) in [5.74, 6) is 1.84. The van der Waals surface area contributed by atoms with Crippen LogP contribution in [0, 0.1) is 6.92 Å². The van der Waals surface area contributed by atoms with Crippen molar-refractivity contribution in [3.63, 3.8) is 0 Å². The lowest BCUT2D eigenvalue weighted by Gasteiger charge is -2.34. The van der Waals surface area contributed by atoms with Gasteiger partial charge in [0.25, 0.3) is 5.91 Å². The van der Waals surface area contributed by atoms with Crippen LogP contribution in [-0.2, 0) is 0 Å². The fourth-order valence-corrected chi connectivity index (χ4v) is 3.30. The second-order valence-corrected chi connectivity index (χ2v) is 7.01. The highest BCUT2D eigenvalue weighted by atomic mass is 35.5. The summed E-state index contributed by atoms with van der Waals surface area (Å²) < 4.78 is 6.77. The van der Waals surface area contributed by atoms with Crippen LogP contribution in [0.1, 0.15) is 16.4 Å². The first kappa shape index (κ1) is 19.1. The van der Waals surface area contributed by atoms with E-state index in [-0.39, 0.29) is 11.7 Å². The SMILES string of the molecule is COc1cncc(N2CCN(C(=O)c3nc(C)n(-c4ccc(Cl)cc4)n3)CC2)n1. The van der Waals surface area contributed by atoms with E-state index >= 15 is 0 Å². The lowest BCUT2D eigenvalue weighted by molar-refractivity contribution is 0.0734. The number of rotatable bonds is 4. The normalized spacial score (nSPS) is 14.2. The van der Waals surface area contributed by atoms with Gasteiger partial charge in [-0.15, -0.1) is 5.10 Å². The number of halogens is 1. The van der Waals surface area contributed by atoms with Gasteiger partial charge in [-0.1, -0.05) is 11.6 Å². The maximum atomic E-state index is 12.9. The van der Waals surface area contributed by atoms with E-state index in [0.29, 0.717) is 42.9 Å². The fraction of sp³-hybridized carbons (Fsp3) is 0.316. The lowest BCUT2D eigenvalue weighted by atomic mass is 10.3. The highest BCUT2D eigenvalue weighted by molar-refractivity contribution is 6.30. The molecule has 1 amide bonds. The van der Waals surface area contributed by atoms with Crippen LogP contribution in [0.4, 0.5) is 5.82 Å². The van der Waals surface area contributed by atoms with Gasteiger partial charge in [0.15, 0.2) is 5.82 Å². The second kappa shape index (κ2) is 8.04. The number of methoxy groups -OCH3 is 1. The summed E-state index contributed by atoms with van der Waals surface area (Å²) >= 11 is 5.94. The Morgan fingerprint density at radius 3 is 2.48 bits per heavy atom. The van der Waals surface area contributed by atoms with Crippen LogP contribution < -0.4 is 9.64 Å². The summed E-state index contributed by atoms with van der Waals surface area (Å²) in [4.78, 5) is 29.6. The highest BCUT2D eigenvalue weighted by Crippen LogP contribution is 2.18. The second-order valence-electron chi connectivity index (χ2n) is 6.57. The van der Waals surface area contributed by atoms with Crippen molar-refractivity contribution in [1.82, 2.24) is 29.6 Å². The first-order valence-electron chi connectivity index (χ1n) is 9.15. The molecule has 1 aliphatic rings. The first-order chi connectivity index (χ1) is 14.0. The minimum absolute atomic E-state index is 0.183. The number of nitrogens with zero attached hydrogens (tertiary/aromatic N) is 7. The molecule has 4 rings (SSSR count). The van der Waals surface area contributed by atoms with Gasteiger partial charge < -0.3 is 14.5 Å². The Morgan fingerprint density at radius 1 is 1.07 bits per heavy atom. The summed E-state index contributed by atoms with van der Waals surface area (Å²) in [6.45, 7) is 4.20. The molecule has 2 aromatic heterocycles. The molecule has 1 fully saturated rings. The summed E-state index contributed by atoms with van der Waals surface area (Å²) in [5, 5.41) is 5.04. The number of piperazine rings is 1. The molecule has 0 unspecified atom stereocenters. The van der Waals surface area contributed by atoms with Crippen LogP contribution in [0.25, 0.3) is 5.69 Å². The summed E-state index contributed by atoms with van der Waals surface area (Å²) in [6, 6.07) is 7.23. The van der Waals surface area contributed by atoms with Crippen molar-refractivity contribution < 1.29 is 9.53 Å². The van der Waals surface area contributed by atoms with E-state index in [0.717, 1.165) is 11.5 Å². The van der Waals surface area contributed by atoms with E-state index in [1.165, 1.54) is 0 Å². The number of benzene rings is 1. The molecule has 9 nitrogen and oxygen atoms in total. The topological polar surface area (TPSA) is 89.3 Å². The van der Waals surface area contributed by atoms with Crippen molar-refractivity contribution in [2.75, 3.05) is 38.2 Å². The number of hydrogen-bond donors (Lipinski definition) is 0. The molecular formula is C19H20ClN7O2. The maximum absolute atomic E-state index is 12.9. The molecule has 0 saturated carbocycles. The van der Waals surface area contributed by atoms with Crippen molar-refractivity contribution >= 4 is 23.3 Å². The molecule has 0 aliphatic carbocycles. The monoisotopic (exact) mass is 413 g/mol. The molecule has 1 aromatic carbocycles. The molecular weight excluding hydrogens is 394 g/mol. The van der Waals surface area contributed by atoms with Crippen LogP contribution in [0.3, 0.4) is 0 Å². The van der Waals surface area contributed by atoms with Crippen LogP contribution >= 0.6 is 11.6 Å². The molecule has 3 heterocycles.